The Hall–Kier alpha value is -2.45. The number of carbonyl (C=O) groups excluding carboxylic acids is 1. The van der Waals surface area contributed by atoms with Crippen LogP contribution in [-0.2, 0) is 0 Å². The summed E-state index contributed by atoms with van der Waals surface area (Å²) in [7, 11) is 0. The molecule has 4 aromatic rings. The highest BCUT2D eigenvalue weighted by Crippen LogP contribution is 2.48. The van der Waals surface area contributed by atoms with Crippen molar-refractivity contribution in [2.24, 2.45) is 0 Å². The van der Waals surface area contributed by atoms with Gasteiger partial charge < -0.3 is 19.7 Å². The maximum Gasteiger partial charge on any atom is 0.274 e. The zero-order valence-electron chi connectivity index (χ0n) is 20.1. The first-order valence-electron chi connectivity index (χ1n) is 12.1. The summed E-state index contributed by atoms with van der Waals surface area (Å²) in [5.74, 6) is 1.32. The Morgan fingerprint density at radius 2 is 2.06 bits per heavy atom. The van der Waals surface area contributed by atoms with E-state index in [2.05, 4.69) is 9.88 Å². The number of alkyl halides is 1. The number of ether oxygens (including phenoxy) is 1. The Morgan fingerprint density at radius 1 is 1.25 bits per heavy atom. The van der Waals surface area contributed by atoms with Gasteiger partial charge in [0.2, 0.25) is 0 Å². The fourth-order valence-corrected chi connectivity index (χ4v) is 6.73. The van der Waals surface area contributed by atoms with Crippen LogP contribution in [0.2, 0.25) is 0 Å². The lowest BCUT2D eigenvalue weighted by Gasteiger charge is -2.17. The Morgan fingerprint density at radius 3 is 2.83 bits per heavy atom. The number of fused-ring (bicyclic) bond motifs is 4. The van der Waals surface area contributed by atoms with E-state index in [9.17, 15) is 9.90 Å². The Balaban J connectivity index is 0.00000267. The number of aryl methyl sites for hydroxylation is 1. The van der Waals surface area contributed by atoms with Crippen molar-refractivity contribution in [3.8, 4) is 11.5 Å². The summed E-state index contributed by atoms with van der Waals surface area (Å²) in [5.41, 5.74) is 4.31. The molecule has 2 N–H and O–H groups in total. The fraction of sp³-hybridized carbons (Fsp3) is 0.370. The zero-order valence-corrected chi connectivity index (χ0v) is 22.4. The third-order valence-corrected chi connectivity index (χ3v) is 8.75. The molecule has 2 aromatic carbocycles. The number of carbonyl (C=O) groups is 1. The van der Waals surface area contributed by atoms with Crippen LogP contribution in [0.3, 0.4) is 0 Å². The quantitative estimate of drug-likeness (QED) is 0.280. The van der Waals surface area contributed by atoms with Gasteiger partial charge in [-0.25, -0.2) is 0 Å². The van der Waals surface area contributed by atoms with Gasteiger partial charge in [-0.05, 0) is 73.6 Å². The first kappa shape index (κ1) is 25.2. The van der Waals surface area contributed by atoms with Crippen LogP contribution >= 0.6 is 35.3 Å². The first-order valence-corrected chi connectivity index (χ1v) is 13.5. The summed E-state index contributed by atoms with van der Waals surface area (Å²) in [6.07, 6.45) is 2.55. The molecular formula is C27H29Cl2N3O3S. The molecule has 2 aromatic heterocycles. The third kappa shape index (κ3) is 4.32. The van der Waals surface area contributed by atoms with Crippen LogP contribution in [0.4, 0.5) is 5.69 Å². The van der Waals surface area contributed by atoms with Gasteiger partial charge in [0.05, 0.1) is 10.4 Å². The number of hydrogen-bond donors (Lipinski definition) is 2. The number of nitrogens with one attached hydrogen (secondary N) is 1. The van der Waals surface area contributed by atoms with Crippen LogP contribution in [0.1, 0.15) is 40.4 Å². The number of aromatic amines is 1. The van der Waals surface area contributed by atoms with Crippen molar-refractivity contribution in [2.45, 2.75) is 25.7 Å². The lowest BCUT2D eigenvalue weighted by Crippen LogP contribution is -2.30. The number of thiophene rings is 1. The second-order valence-electron chi connectivity index (χ2n) is 9.55. The number of likely N-dealkylation sites (tertiary alicyclic amines) is 1. The van der Waals surface area contributed by atoms with Crippen molar-refractivity contribution in [2.75, 3.05) is 43.6 Å². The van der Waals surface area contributed by atoms with Crippen molar-refractivity contribution in [3.63, 3.8) is 0 Å². The van der Waals surface area contributed by atoms with Gasteiger partial charge in [-0.3, -0.25) is 9.69 Å². The largest absolute Gasteiger partial charge is 0.506 e. The van der Waals surface area contributed by atoms with E-state index in [1.807, 2.05) is 36.6 Å². The van der Waals surface area contributed by atoms with E-state index in [1.165, 1.54) is 24.2 Å². The Kier molecular flexibility index (Phi) is 7.10. The Labute approximate surface area is 225 Å². The number of phenols is 1. The third-order valence-electron chi connectivity index (χ3n) is 7.26. The molecule has 0 unspecified atom stereocenters. The number of aromatic hydroxyl groups is 1. The fourth-order valence-electron chi connectivity index (χ4n) is 5.49. The summed E-state index contributed by atoms with van der Waals surface area (Å²) in [6.45, 7) is 6.44. The van der Waals surface area contributed by atoms with Gasteiger partial charge in [0.1, 0.15) is 23.8 Å². The SMILES string of the molecule is Cc1csc2c(O)cc3c(c12)[C@H](CCl)CN3C(=O)c1cc2cc(OCCN3CCCC3)ccc2[nH]1.Cl. The molecule has 6 rings (SSSR count). The standard InChI is InChI=1S/C27H28ClN3O3S.ClH/c1-16-15-35-26-23(32)12-22-25(24(16)26)18(13-28)14-31(22)27(33)21-11-17-10-19(4-5-20(17)29-21)34-9-8-30-6-2-3-7-30;/h4-5,10-12,15,18,29,32H,2-3,6-9,13-14H2,1H3;1H/t18-;/m1./s1. The van der Waals surface area contributed by atoms with E-state index in [4.69, 9.17) is 16.3 Å². The van der Waals surface area contributed by atoms with E-state index < -0.39 is 0 Å². The molecule has 6 nitrogen and oxygen atoms in total. The van der Waals surface area contributed by atoms with Crippen molar-refractivity contribution in [1.29, 1.82) is 0 Å². The molecule has 0 aliphatic carbocycles. The number of nitrogens with zero attached hydrogens (tertiary/aromatic N) is 2. The molecule has 2 aliphatic rings. The first-order chi connectivity index (χ1) is 17.0. The van der Waals surface area contributed by atoms with E-state index in [0.29, 0.717) is 24.7 Å². The van der Waals surface area contributed by atoms with Crippen molar-refractivity contribution in [1.82, 2.24) is 9.88 Å². The average molecular weight is 547 g/mol. The second kappa shape index (κ2) is 10.1. The number of rotatable bonds is 6. The zero-order chi connectivity index (χ0) is 24.1. The highest BCUT2D eigenvalue weighted by Gasteiger charge is 2.36. The van der Waals surface area contributed by atoms with Gasteiger partial charge in [-0.2, -0.15) is 0 Å². The molecule has 4 heterocycles. The smallest absolute Gasteiger partial charge is 0.274 e. The lowest BCUT2D eigenvalue weighted by atomic mass is 9.97. The summed E-state index contributed by atoms with van der Waals surface area (Å²) >= 11 is 7.88. The number of halogens is 2. The maximum atomic E-state index is 13.7. The van der Waals surface area contributed by atoms with E-state index in [-0.39, 0.29) is 30.0 Å². The van der Waals surface area contributed by atoms with Gasteiger partial charge in [0.25, 0.3) is 5.91 Å². The number of hydrogen-bond acceptors (Lipinski definition) is 5. The maximum absolute atomic E-state index is 13.7. The van der Waals surface area contributed by atoms with Crippen LogP contribution in [0.15, 0.2) is 35.7 Å². The lowest BCUT2D eigenvalue weighted by molar-refractivity contribution is 0.0984. The number of anilines is 1. The number of amides is 1. The monoisotopic (exact) mass is 545 g/mol. The average Bonchev–Trinajstić information content (AvgIpc) is 3.64. The van der Waals surface area contributed by atoms with Crippen LogP contribution in [0.5, 0.6) is 11.5 Å². The minimum Gasteiger partial charge on any atom is -0.506 e. The molecule has 1 amide bonds. The molecule has 36 heavy (non-hydrogen) atoms. The normalized spacial score (nSPS) is 17.6. The molecule has 1 atom stereocenters. The summed E-state index contributed by atoms with van der Waals surface area (Å²) in [6, 6.07) is 9.48. The number of phenolic OH excluding ortho intramolecular Hbond substituents is 1. The van der Waals surface area contributed by atoms with Gasteiger partial charge in [-0.15, -0.1) is 35.3 Å². The van der Waals surface area contributed by atoms with Gasteiger partial charge >= 0.3 is 0 Å². The van der Waals surface area contributed by atoms with Crippen LogP contribution in [0, 0.1) is 6.92 Å². The van der Waals surface area contributed by atoms with Crippen LogP contribution < -0.4 is 9.64 Å². The topological polar surface area (TPSA) is 68.8 Å². The molecule has 0 radical (unpaired) electrons. The van der Waals surface area contributed by atoms with Crippen molar-refractivity contribution < 1.29 is 14.6 Å². The second-order valence-corrected chi connectivity index (χ2v) is 10.7. The Bertz CT molecular complexity index is 1430. The molecule has 190 valence electrons. The summed E-state index contributed by atoms with van der Waals surface area (Å²) in [5, 5.41) is 14.7. The van der Waals surface area contributed by atoms with Gasteiger partial charge in [-0.1, -0.05) is 0 Å². The number of aromatic nitrogens is 1. The van der Waals surface area contributed by atoms with Crippen LogP contribution in [-0.4, -0.2) is 59.6 Å². The summed E-state index contributed by atoms with van der Waals surface area (Å²) < 4.78 is 6.84. The van der Waals surface area contributed by atoms with Crippen molar-refractivity contribution >= 4 is 67.9 Å². The molecule has 9 heteroatoms. The van der Waals surface area contributed by atoms with Crippen LogP contribution in [0.25, 0.3) is 21.0 Å². The minimum atomic E-state index is -0.127. The predicted octanol–water partition coefficient (Wildman–Crippen LogP) is 6.28. The summed E-state index contributed by atoms with van der Waals surface area (Å²) in [4.78, 5) is 21.1. The number of benzene rings is 2. The molecule has 1 fully saturated rings. The molecule has 0 spiro atoms. The minimum absolute atomic E-state index is 0. The predicted molar refractivity (Wildman–Crippen MR) is 150 cm³/mol. The van der Waals surface area contributed by atoms with E-state index in [1.54, 1.807) is 11.0 Å². The molecular weight excluding hydrogens is 517 g/mol. The molecule has 0 saturated carbocycles. The highest BCUT2D eigenvalue weighted by molar-refractivity contribution is 7.17. The molecule has 0 bridgehead atoms. The van der Waals surface area contributed by atoms with Gasteiger partial charge in [0, 0.05) is 47.2 Å². The highest BCUT2D eigenvalue weighted by atomic mass is 35.5. The van der Waals surface area contributed by atoms with Crippen molar-refractivity contribution in [3.05, 3.63) is 52.5 Å². The van der Waals surface area contributed by atoms with E-state index in [0.717, 1.165) is 63.2 Å². The van der Waals surface area contributed by atoms with E-state index >= 15 is 0 Å². The molecule has 2 aliphatic heterocycles. The molecule has 1 saturated heterocycles. The van der Waals surface area contributed by atoms with Gasteiger partial charge in [0.15, 0.2) is 0 Å². The number of H-pyrrole nitrogens is 1.